The van der Waals surface area contributed by atoms with Crippen molar-refractivity contribution < 1.29 is 14.6 Å². The van der Waals surface area contributed by atoms with E-state index in [0.717, 1.165) is 12.0 Å². The van der Waals surface area contributed by atoms with Crippen LogP contribution in [0, 0.1) is 0 Å². The van der Waals surface area contributed by atoms with Gasteiger partial charge in [-0.15, -0.1) is 0 Å². The second-order valence-corrected chi connectivity index (χ2v) is 5.27. The highest BCUT2D eigenvalue weighted by atomic mass is 16.5. The molecule has 2 aromatic rings. The van der Waals surface area contributed by atoms with Crippen LogP contribution in [0.25, 0.3) is 0 Å². The summed E-state index contributed by atoms with van der Waals surface area (Å²) in [5.74, 6) is 1.34. The summed E-state index contributed by atoms with van der Waals surface area (Å²) in [6, 6.07) is 15.4. The van der Waals surface area contributed by atoms with Crippen LogP contribution < -0.4 is 9.47 Å². The van der Waals surface area contributed by atoms with E-state index in [1.807, 2.05) is 48.5 Å². The Hall–Kier alpha value is -2.00. The molecule has 0 saturated carbocycles. The van der Waals surface area contributed by atoms with E-state index >= 15 is 0 Å². The van der Waals surface area contributed by atoms with Gasteiger partial charge in [0.1, 0.15) is 12.2 Å². The Morgan fingerprint density at radius 1 is 1.05 bits per heavy atom. The summed E-state index contributed by atoms with van der Waals surface area (Å²) in [6.45, 7) is 4.00. The number of aryl methyl sites for hydroxylation is 1. The lowest BCUT2D eigenvalue weighted by Gasteiger charge is -2.24. The largest absolute Gasteiger partial charge is 0.493 e. The van der Waals surface area contributed by atoms with Gasteiger partial charge in [-0.3, -0.25) is 0 Å². The molecule has 112 valence electrons. The van der Waals surface area contributed by atoms with E-state index in [-0.39, 0.29) is 6.61 Å². The Morgan fingerprint density at radius 3 is 2.38 bits per heavy atom. The van der Waals surface area contributed by atoms with Crippen molar-refractivity contribution >= 4 is 0 Å². The Morgan fingerprint density at radius 2 is 1.76 bits per heavy atom. The zero-order valence-electron chi connectivity index (χ0n) is 12.8. The second kappa shape index (κ2) is 6.64. The molecule has 0 amide bonds. The summed E-state index contributed by atoms with van der Waals surface area (Å²) in [5.41, 5.74) is 0.971. The quantitative estimate of drug-likeness (QED) is 0.882. The van der Waals surface area contributed by atoms with Crippen molar-refractivity contribution in [1.82, 2.24) is 0 Å². The zero-order valence-corrected chi connectivity index (χ0v) is 12.8. The monoisotopic (exact) mass is 286 g/mol. The van der Waals surface area contributed by atoms with Crippen molar-refractivity contribution in [3.63, 3.8) is 0 Å². The van der Waals surface area contributed by atoms with Crippen LogP contribution in [0.1, 0.15) is 25.0 Å². The van der Waals surface area contributed by atoms with E-state index in [1.165, 1.54) is 5.56 Å². The molecule has 2 aromatic carbocycles. The lowest BCUT2D eigenvalue weighted by atomic mass is 9.97. The van der Waals surface area contributed by atoms with Crippen LogP contribution in [0.15, 0.2) is 48.5 Å². The molecule has 3 heteroatoms. The Balaban J connectivity index is 2.12. The van der Waals surface area contributed by atoms with E-state index in [9.17, 15) is 5.11 Å². The molecule has 0 aliphatic rings. The highest BCUT2D eigenvalue weighted by Gasteiger charge is 2.24. The highest BCUT2D eigenvalue weighted by molar-refractivity contribution is 5.43. The third-order valence-corrected chi connectivity index (χ3v) is 3.54. The number of benzene rings is 2. The maximum Gasteiger partial charge on any atom is 0.161 e. The van der Waals surface area contributed by atoms with E-state index in [1.54, 1.807) is 14.0 Å². The van der Waals surface area contributed by atoms with E-state index in [4.69, 9.17) is 9.47 Å². The Bertz CT molecular complexity index is 576. The summed E-state index contributed by atoms with van der Waals surface area (Å²) in [7, 11) is 1.62. The van der Waals surface area contributed by atoms with Gasteiger partial charge in [0.05, 0.1) is 7.11 Å². The SMILES string of the molecule is CCc1ccc(OCC(C)(O)c2ccccc2)c(OC)c1. The molecule has 0 bridgehead atoms. The van der Waals surface area contributed by atoms with Crippen LogP contribution in [-0.4, -0.2) is 18.8 Å². The molecule has 0 radical (unpaired) electrons. The fourth-order valence-corrected chi connectivity index (χ4v) is 2.15. The second-order valence-electron chi connectivity index (χ2n) is 5.27. The molecule has 1 atom stereocenters. The van der Waals surface area contributed by atoms with Gasteiger partial charge >= 0.3 is 0 Å². The van der Waals surface area contributed by atoms with Crippen LogP contribution in [0.4, 0.5) is 0 Å². The summed E-state index contributed by atoms with van der Waals surface area (Å²) in [5, 5.41) is 10.5. The first-order valence-corrected chi connectivity index (χ1v) is 7.14. The number of aliphatic hydroxyl groups is 1. The van der Waals surface area contributed by atoms with Gasteiger partial charge < -0.3 is 14.6 Å². The van der Waals surface area contributed by atoms with Crippen molar-refractivity contribution in [2.75, 3.05) is 13.7 Å². The maximum atomic E-state index is 10.5. The first kappa shape index (κ1) is 15.4. The molecule has 21 heavy (non-hydrogen) atoms. The fraction of sp³-hybridized carbons (Fsp3) is 0.333. The van der Waals surface area contributed by atoms with Gasteiger partial charge in [0, 0.05) is 0 Å². The van der Waals surface area contributed by atoms with Crippen LogP contribution in [0.2, 0.25) is 0 Å². The van der Waals surface area contributed by atoms with Crippen LogP contribution >= 0.6 is 0 Å². The summed E-state index contributed by atoms with van der Waals surface area (Å²) in [4.78, 5) is 0. The van der Waals surface area contributed by atoms with Gasteiger partial charge in [0.15, 0.2) is 11.5 Å². The van der Waals surface area contributed by atoms with E-state index in [0.29, 0.717) is 11.5 Å². The standard InChI is InChI=1S/C18H22O3/c1-4-14-10-11-16(17(12-14)20-3)21-13-18(2,19)15-8-6-5-7-9-15/h5-12,19H,4,13H2,1-3H3. The number of methoxy groups -OCH3 is 1. The molecular weight excluding hydrogens is 264 g/mol. The minimum absolute atomic E-state index is 0.166. The average Bonchev–Trinajstić information content (AvgIpc) is 2.53. The number of hydrogen-bond donors (Lipinski definition) is 1. The molecule has 3 nitrogen and oxygen atoms in total. The molecule has 0 aromatic heterocycles. The summed E-state index contributed by atoms with van der Waals surface area (Å²) < 4.78 is 11.1. The van der Waals surface area contributed by atoms with Crippen LogP contribution in [0.3, 0.4) is 0 Å². The van der Waals surface area contributed by atoms with Gasteiger partial charge in [-0.1, -0.05) is 43.3 Å². The van der Waals surface area contributed by atoms with Crippen LogP contribution in [-0.2, 0) is 12.0 Å². The fourth-order valence-electron chi connectivity index (χ4n) is 2.15. The Kier molecular flexibility index (Phi) is 4.86. The number of rotatable bonds is 6. The molecule has 0 heterocycles. The molecule has 2 rings (SSSR count). The third kappa shape index (κ3) is 3.76. The molecule has 0 aliphatic heterocycles. The normalized spacial score (nSPS) is 13.5. The minimum Gasteiger partial charge on any atom is -0.493 e. The van der Waals surface area contributed by atoms with Crippen molar-refractivity contribution in [3.8, 4) is 11.5 Å². The maximum absolute atomic E-state index is 10.5. The van der Waals surface area contributed by atoms with E-state index < -0.39 is 5.60 Å². The average molecular weight is 286 g/mol. The van der Waals surface area contributed by atoms with Crippen molar-refractivity contribution in [2.24, 2.45) is 0 Å². The van der Waals surface area contributed by atoms with Gasteiger partial charge in [0.2, 0.25) is 0 Å². The number of ether oxygens (including phenoxy) is 2. The molecule has 0 fully saturated rings. The smallest absolute Gasteiger partial charge is 0.161 e. The van der Waals surface area contributed by atoms with Gasteiger partial charge in [0.25, 0.3) is 0 Å². The summed E-state index contributed by atoms with van der Waals surface area (Å²) in [6.07, 6.45) is 0.943. The molecule has 1 unspecified atom stereocenters. The van der Waals surface area contributed by atoms with Gasteiger partial charge in [-0.2, -0.15) is 0 Å². The topological polar surface area (TPSA) is 38.7 Å². The number of hydrogen-bond acceptors (Lipinski definition) is 3. The predicted octanol–water partition coefficient (Wildman–Crippen LogP) is 3.54. The predicted molar refractivity (Wildman–Crippen MR) is 83.9 cm³/mol. The van der Waals surface area contributed by atoms with Crippen LogP contribution in [0.5, 0.6) is 11.5 Å². The third-order valence-electron chi connectivity index (χ3n) is 3.54. The zero-order chi connectivity index (χ0) is 15.3. The van der Waals surface area contributed by atoms with Gasteiger partial charge in [-0.05, 0) is 36.6 Å². The molecule has 1 N–H and O–H groups in total. The van der Waals surface area contributed by atoms with Crippen molar-refractivity contribution in [3.05, 3.63) is 59.7 Å². The highest BCUT2D eigenvalue weighted by Crippen LogP contribution is 2.30. The molecule has 0 saturated heterocycles. The molecule has 0 aliphatic carbocycles. The Labute approximate surface area is 126 Å². The molecule has 0 spiro atoms. The van der Waals surface area contributed by atoms with E-state index in [2.05, 4.69) is 6.92 Å². The lowest BCUT2D eigenvalue weighted by molar-refractivity contribution is 0.00685. The minimum atomic E-state index is -1.05. The van der Waals surface area contributed by atoms with Crippen molar-refractivity contribution in [1.29, 1.82) is 0 Å². The first-order chi connectivity index (χ1) is 10.1. The van der Waals surface area contributed by atoms with Crippen molar-refractivity contribution in [2.45, 2.75) is 25.9 Å². The molecular formula is C18H22O3. The lowest BCUT2D eigenvalue weighted by Crippen LogP contribution is -2.29. The van der Waals surface area contributed by atoms with Gasteiger partial charge in [-0.25, -0.2) is 0 Å². The first-order valence-electron chi connectivity index (χ1n) is 7.14. The summed E-state index contributed by atoms with van der Waals surface area (Å²) >= 11 is 0.